The highest BCUT2D eigenvalue weighted by atomic mass is 79.9. The normalized spacial score (nSPS) is 18.7. The van der Waals surface area contributed by atoms with Crippen LogP contribution in [0.25, 0.3) is 0 Å². The lowest BCUT2D eigenvalue weighted by atomic mass is 10.0. The molecule has 1 aromatic carbocycles. The second-order valence-electron chi connectivity index (χ2n) is 5.95. The predicted molar refractivity (Wildman–Crippen MR) is 94.0 cm³/mol. The number of amides is 2. The van der Waals surface area contributed by atoms with Gasteiger partial charge >= 0.3 is 0 Å². The summed E-state index contributed by atoms with van der Waals surface area (Å²) in [5, 5.41) is 6.05. The summed E-state index contributed by atoms with van der Waals surface area (Å²) < 4.78 is 0.975. The third-order valence-electron chi connectivity index (χ3n) is 4.17. The summed E-state index contributed by atoms with van der Waals surface area (Å²) >= 11 is 3.41. The van der Waals surface area contributed by atoms with Crippen molar-refractivity contribution in [3.05, 3.63) is 34.3 Å². The van der Waals surface area contributed by atoms with Crippen molar-refractivity contribution in [1.82, 2.24) is 15.5 Å². The zero-order chi connectivity index (χ0) is 16.8. The molecule has 0 radical (unpaired) electrons. The minimum absolute atomic E-state index is 0.101. The van der Waals surface area contributed by atoms with Crippen LogP contribution < -0.4 is 10.6 Å². The van der Waals surface area contributed by atoms with Crippen molar-refractivity contribution >= 4 is 27.7 Å². The van der Waals surface area contributed by atoms with Gasteiger partial charge in [0, 0.05) is 30.5 Å². The van der Waals surface area contributed by atoms with Crippen molar-refractivity contribution in [2.24, 2.45) is 0 Å². The number of likely N-dealkylation sites (tertiary alicyclic amines) is 1. The van der Waals surface area contributed by atoms with Crippen LogP contribution >= 0.6 is 15.9 Å². The van der Waals surface area contributed by atoms with Gasteiger partial charge in [0.1, 0.15) is 0 Å². The van der Waals surface area contributed by atoms with Gasteiger partial charge in [0.15, 0.2) is 0 Å². The van der Waals surface area contributed by atoms with Crippen molar-refractivity contribution in [1.29, 1.82) is 0 Å². The van der Waals surface area contributed by atoms with E-state index in [-0.39, 0.29) is 23.9 Å². The monoisotopic (exact) mass is 381 g/mol. The lowest BCUT2D eigenvalue weighted by Gasteiger charge is -2.27. The molecule has 1 heterocycles. The van der Waals surface area contributed by atoms with Gasteiger partial charge in [-0.2, -0.15) is 0 Å². The Morgan fingerprint density at radius 2 is 2.04 bits per heavy atom. The Bertz CT molecular complexity index is 547. The maximum atomic E-state index is 12.7. The molecule has 6 heteroatoms. The average Bonchev–Trinajstić information content (AvgIpc) is 2.95. The minimum Gasteiger partial charge on any atom is -0.349 e. The first-order valence-electron chi connectivity index (χ1n) is 7.98. The molecule has 0 unspecified atom stereocenters. The summed E-state index contributed by atoms with van der Waals surface area (Å²) in [4.78, 5) is 26.2. The van der Waals surface area contributed by atoms with Gasteiger partial charge in [-0.3, -0.25) is 9.59 Å². The number of likely N-dealkylation sites (N-methyl/N-ethyl adjacent to an activating group) is 1. The lowest BCUT2D eigenvalue weighted by Crippen LogP contribution is -2.42. The van der Waals surface area contributed by atoms with E-state index in [0.29, 0.717) is 6.42 Å². The van der Waals surface area contributed by atoms with Crippen LogP contribution in [0, 0.1) is 0 Å². The van der Waals surface area contributed by atoms with Crippen LogP contribution in [-0.2, 0) is 9.59 Å². The summed E-state index contributed by atoms with van der Waals surface area (Å²) in [6.07, 6.45) is 2.37. The topological polar surface area (TPSA) is 61.4 Å². The highest BCUT2D eigenvalue weighted by Crippen LogP contribution is 2.24. The highest BCUT2D eigenvalue weighted by molar-refractivity contribution is 9.10. The van der Waals surface area contributed by atoms with E-state index in [4.69, 9.17) is 0 Å². The van der Waals surface area contributed by atoms with Gasteiger partial charge in [-0.15, -0.1) is 0 Å². The first-order valence-corrected chi connectivity index (χ1v) is 8.77. The van der Waals surface area contributed by atoms with Crippen LogP contribution in [0.3, 0.4) is 0 Å². The fourth-order valence-corrected chi connectivity index (χ4v) is 3.36. The molecule has 2 rings (SSSR count). The maximum absolute atomic E-state index is 12.7. The minimum atomic E-state index is -0.288. The van der Waals surface area contributed by atoms with Gasteiger partial charge in [0.05, 0.1) is 12.5 Å². The predicted octanol–water partition coefficient (Wildman–Crippen LogP) is 2.23. The molecule has 5 nitrogen and oxygen atoms in total. The van der Waals surface area contributed by atoms with E-state index in [2.05, 4.69) is 26.6 Å². The number of hydrogen-bond acceptors (Lipinski definition) is 3. The second-order valence-corrected chi connectivity index (χ2v) is 6.87. The summed E-state index contributed by atoms with van der Waals surface area (Å²) in [6.45, 7) is 3.10. The zero-order valence-electron chi connectivity index (χ0n) is 13.6. The first-order chi connectivity index (χ1) is 11.0. The summed E-state index contributed by atoms with van der Waals surface area (Å²) in [5.41, 5.74) is 0.945. The molecule has 1 aliphatic rings. The van der Waals surface area contributed by atoms with E-state index in [1.165, 1.54) is 6.92 Å². The summed E-state index contributed by atoms with van der Waals surface area (Å²) in [6, 6.07) is 7.70. The quantitative estimate of drug-likeness (QED) is 0.793. The maximum Gasteiger partial charge on any atom is 0.225 e. The molecule has 0 saturated carbocycles. The molecule has 0 spiro atoms. The van der Waals surface area contributed by atoms with Crippen LogP contribution in [-0.4, -0.2) is 42.9 Å². The molecule has 0 aliphatic carbocycles. The molecule has 23 heavy (non-hydrogen) atoms. The SMILES string of the molecule is CNC[C@H]1CCCN1C(=O)C[C@H](NC(C)=O)c1ccc(Br)cc1. The third-order valence-corrected chi connectivity index (χ3v) is 4.69. The van der Waals surface area contributed by atoms with Crippen molar-refractivity contribution in [2.75, 3.05) is 20.1 Å². The number of nitrogens with zero attached hydrogens (tertiary/aromatic N) is 1. The van der Waals surface area contributed by atoms with Gasteiger partial charge in [0.25, 0.3) is 0 Å². The van der Waals surface area contributed by atoms with E-state index in [9.17, 15) is 9.59 Å². The van der Waals surface area contributed by atoms with Gasteiger partial charge in [-0.1, -0.05) is 28.1 Å². The molecular weight excluding hydrogens is 358 g/mol. The fourth-order valence-electron chi connectivity index (χ4n) is 3.10. The van der Waals surface area contributed by atoms with Crippen molar-refractivity contribution in [2.45, 2.75) is 38.3 Å². The number of carbonyl (C=O) groups excluding carboxylic acids is 2. The Balaban J connectivity index is 2.09. The summed E-state index contributed by atoms with van der Waals surface area (Å²) in [5.74, 6) is -0.0247. The molecule has 1 aromatic rings. The highest BCUT2D eigenvalue weighted by Gasteiger charge is 2.30. The molecule has 2 N–H and O–H groups in total. The first kappa shape index (κ1) is 17.9. The molecule has 2 amide bonds. The van der Waals surface area contributed by atoms with Gasteiger partial charge < -0.3 is 15.5 Å². The van der Waals surface area contributed by atoms with E-state index in [0.717, 1.165) is 36.0 Å². The third kappa shape index (κ3) is 5.04. The molecule has 1 aliphatic heterocycles. The van der Waals surface area contributed by atoms with Gasteiger partial charge in [0.2, 0.25) is 11.8 Å². The zero-order valence-corrected chi connectivity index (χ0v) is 15.2. The molecule has 126 valence electrons. The Morgan fingerprint density at radius 3 is 2.65 bits per heavy atom. The Hall–Kier alpha value is -1.40. The molecular formula is C17H24BrN3O2. The van der Waals surface area contributed by atoms with E-state index in [1.807, 2.05) is 36.2 Å². The lowest BCUT2D eigenvalue weighted by molar-refractivity contribution is -0.132. The largest absolute Gasteiger partial charge is 0.349 e. The number of halogens is 1. The number of carbonyl (C=O) groups is 2. The number of nitrogens with one attached hydrogen (secondary N) is 2. The number of benzene rings is 1. The number of hydrogen-bond donors (Lipinski definition) is 2. The van der Waals surface area contributed by atoms with Crippen molar-refractivity contribution in [3.8, 4) is 0 Å². The Kier molecular flexibility index (Phi) is 6.59. The van der Waals surface area contributed by atoms with Crippen LogP contribution in [0.4, 0.5) is 0 Å². The standard InChI is InChI=1S/C17H24BrN3O2/c1-12(22)20-16(13-5-7-14(18)8-6-13)10-17(23)21-9-3-4-15(21)11-19-2/h5-8,15-16,19H,3-4,9-11H2,1-2H3,(H,20,22)/t15-,16+/m1/s1. The van der Waals surface area contributed by atoms with Crippen LogP contribution in [0.1, 0.15) is 37.8 Å². The van der Waals surface area contributed by atoms with E-state index >= 15 is 0 Å². The van der Waals surface area contributed by atoms with Crippen LogP contribution in [0.2, 0.25) is 0 Å². The fraction of sp³-hybridized carbons (Fsp3) is 0.529. The molecule has 1 saturated heterocycles. The van der Waals surface area contributed by atoms with E-state index < -0.39 is 0 Å². The molecule has 0 aromatic heterocycles. The van der Waals surface area contributed by atoms with Crippen LogP contribution in [0.5, 0.6) is 0 Å². The van der Waals surface area contributed by atoms with Gasteiger partial charge in [-0.25, -0.2) is 0 Å². The van der Waals surface area contributed by atoms with Crippen molar-refractivity contribution in [3.63, 3.8) is 0 Å². The average molecular weight is 382 g/mol. The van der Waals surface area contributed by atoms with E-state index in [1.54, 1.807) is 0 Å². The van der Waals surface area contributed by atoms with Crippen molar-refractivity contribution < 1.29 is 9.59 Å². The molecule has 2 atom stereocenters. The smallest absolute Gasteiger partial charge is 0.225 e. The molecule has 0 bridgehead atoms. The molecule has 1 fully saturated rings. The summed E-state index contributed by atoms with van der Waals surface area (Å²) in [7, 11) is 1.91. The second kappa shape index (κ2) is 8.45. The Morgan fingerprint density at radius 1 is 1.35 bits per heavy atom. The van der Waals surface area contributed by atoms with Gasteiger partial charge in [-0.05, 0) is 37.6 Å². The van der Waals surface area contributed by atoms with Crippen LogP contribution in [0.15, 0.2) is 28.7 Å². The Labute approximate surface area is 145 Å². The number of rotatable bonds is 6.